The molecule has 116 valence electrons. The lowest BCUT2D eigenvalue weighted by Crippen LogP contribution is -2.38. The topological polar surface area (TPSA) is 75.5 Å². The van der Waals surface area contributed by atoms with E-state index in [1.165, 1.54) is 12.1 Å². The summed E-state index contributed by atoms with van der Waals surface area (Å²) in [4.78, 5) is 24.2. The molecule has 0 bridgehead atoms. The summed E-state index contributed by atoms with van der Waals surface area (Å²) < 4.78 is 0. The van der Waals surface area contributed by atoms with E-state index in [4.69, 9.17) is 0 Å². The number of non-ortho nitro benzene ring substituents is 1. The van der Waals surface area contributed by atoms with Crippen LogP contribution >= 0.6 is 12.4 Å². The number of nitro groups is 1. The number of aryl methyl sites for hydroxylation is 1. The molecule has 1 aromatic carbocycles. The van der Waals surface area contributed by atoms with Crippen molar-refractivity contribution in [2.24, 2.45) is 0 Å². The van der Waals surface area contributed by atoms with Gasteiger partial charge in [0.15, 0.2) is 0 Å². The van der Waals surface area contributed by atoms with E-state index in [1.54, 1.807) is 11.0 Å². The number of nitrogens with zero attached hydrogens (tertiary/aromatic N) is 2. The Balaban J connectivity index is 0.00000220. The number of likely N-dealkylation sites (N-methyl/N-ethyl adjacent to an activating group) is 1. The van der Waals surface area contributed by atoms with E-state index in [9.17, 15) is 14.9 Å². The Hall–Kier alpha value is -1.66. The highest BCUT2D eigenvalue weighted by Gasteiger charge is 2.22. The molecule has 0 aromatic heterocycles. The summed E-state index contributed by atoms with van der Waals surface area (Å²) in [5.74, 6) is 0.0882. The third kappa shape index (κ3) is 4.68. The molecule has 1 N–H and O–H groups in total. The molecule has 1 fully saturated rings. The number of amides is 1. The highest BCUT2D eigenvalue weighted by Crippen LogP contribution is 2.15. The summed E-state index contributed by atoms with van der Waals surface area (Å²) in [5.41, 5.74) is 0.897. The average Bonchev–Trinajstić information content (AvgIpc) is 2.98. The van der Waals surface area contributed by atoms with E-state index in [0.717, 1.165) is 25.1 Å². The Morgan fingerprint density at radius 3 is 2.90 bits per heavy atom. The number of halogens is 1. The lowest BCUT2D eigenvalue weighted by Gasteiger charge is -2.23. The zero-order valence-corrected chi connectivity index (χ0v) is 12.8. The number of hydrogen-bond donors (Lipinski definition) is 1. The van der Waals surface area contributed by atoms with Crippen molar-refractivity contribution in [1.29, 1.82) is 0 Å². The Labute approximate surface area is 130 Å². The summed E-state index contributed by atoms with van der Waals surface area (Å²) >= 11 is 0. The number of nitro benzene ring substituents is 1. The second kappa shape index (κ2) is 7.95. The first-order valence-corrected chi connectivity index (χ1v) is 6.77. The fourth-order valence-corrected chi connectivity index (χ4v) is 2.43. The number of carbonyl (C=O) groups is 1. The van der Waals surface area contributed by atoms with Crippen LogP contribution in [0.1, 0.15) is 18.4 Å². The van der Waals surface area contributed by atoms with Crippen LogP contribution in [0.3, 0.4) is 0 Å². The van der Waals surface area contributed by atoms with Crippen LogP contribution in [0.15, 0.2) is 24.3 Å². The molecule has 7 heteroatoms. The second-order valence-corrected chi connectivity index (χ2v) is 5.08. The fourth-order valence-electron chi connectivity index (χ4n) is 2.43. The van der Waals surface area contributed by atoms with Crippen molar-refractivity contribution in [3.63, 3.8) is 0 Å². The van der Waals surface area contributed by atoms with Gasteiger partial charge >= 0.3 is 0 Å². The van der Waals surface area contributed by atoms with E-state index in [2.05, 4.69) is 5.32 Å². The maximum atomic E-state index is 12.1. The summed E-state index contributed by atoms with van der Waals surface area (Å²) in [6, 6.07) is 6.74. The minimum absolute atomic E-state index is 0. The molecule has 0 aliphatic carbocycles. The maximum Gasteiger partial charge on any atom is 0.269 e. The van der Waals surface area contributed by atoms with Gasteiger partial charge in [-0.3, -0.25) is 14.9 Å². The van der Waals surface area contributed by atoms with Gasteiger partial charge < -0.3 is 10.2 Å². The predicted octanol–water partition coefficient (Wildman–Crippen LogP) is 1.77. The molecule has 1 amide bonds. The number of carbonyl (C=O) groups excluding carboxylic acids is 1. The minimum Gasteiger partial charge on any atom is -0.341 e. The highest BCUT2D eigenvalue weighted by atomic mass is 35.5. The molecule has 6 nitrogen and oxygen atoms in total. The quantitative estimate of drug-likeness (QED) is 0.664. The molecule has 1 unspecified atom stereocenters. The molecular weight excluding hydrogens is 294 g/mol. The average molecular weight is 314 g/mol. The van der Waals surface area contributed by atoms with E-state index in [0.29, 0.717) is 12.8 Å². The van der Waals surface area contributed by atoms with Gasteiger partial charge in [-0.25, -0.2) is 0 Å². The molecule has 1 heterocycles. The molecule has 0 spiro atoms. The van der Waals surface area contributed by atoms with Crippen LogP contribution in [-0.4, -0.2) is 41.9 Å². The van der Waals surface area contributed by atoms with Gasteiger partial charge in [0.2, 0.25) is 5.91 Å². The lowest BCUT2D eigenvalue weighted by atomic mass is 10.1. The maximum absolute atomic E-state index is 12.1. The van der Waals surface area contributed by atoms with Crippen molar-refractivity contribution in [3.8, 4) is 0 Å². The normalized spacial score (nSPS) is 17.1. The Bertz CT molecular complexity index is 504. The monoisotopic (exact) mass is 313 g/mol. The van der Waals surface area contributed by atoms with E-state index in [1.807, 2.05) is 13.1 Å². The summed E-state index contributed by atoms with van der Waals surface area (Å²) in [6.45, 7) is 1.80. The number of hydrogen-bond acceptors (Lipinski definition) is 4. The Kier molecular flexibility index (Phi) is 6.58. The van der Waals surface area contributed by atoms with Crippen molar-refractivity contribution >= 4 is 24.0 Å². The predicted molar refractivity (Wildman–Crippen MR) is 82.7 cm³/mol. The SMILES string of the molecule is CN(C(=O)CCc1cccc([N+](=O)[O-])c1)C1CCNC1.Cl. The molecule has 1 aliphatic rings. The van der Waals surface area contributed by atoms with Crippen molar-refractivity contribution < 1.29 is 9.72 Å². The Morgan fingerprint density at radius 2 is 2.29 bits per heavy atom. The molecule has 1 saturated heterocycles. The molecule has 1 atom stereocenters. The number of nitrogens with one attached hydrogen (secondary N) is 1. The third-order valence-electron chi connectivity index (χ3n) is 3.72. The van der Waals surface area contributed by atoms with Gasteiger partial charge in [0.25, 0.3) is 5.69 Å². The van der Waals surface area contributed by atoms with Gasteiger partial charge in [-0.1, -0.05) is 12.1 Å². The first kappa shape index (κ1) is 17.4. The van der Waals surface area contributed by atoms with Crippen LogP contribution in [0, 0.1) is 10.1 Å². The Morgan fingerprint density at radius 1 is 1.52 bits per heavy atom. The molecule has 1 aromatic rings. The minimum atomic E-state index is -0.415. The van der Waals surface area contributed by atoms with Crippen LogP contribution in [0.2, 0.25) is 0 Å². The summed E-state index contributed by atoms with van der Waals surface area (Å²) in [7, 11) is 1.83. The third-order valence-corrected chi connectivity index (χ3v) is 3.72. The van der Waals surface area contributed by atoms with Crippen LogP contribution in [-0.2, 0) is 11.2 Å². The molecule has 21 heavy (non-hydrogen) atoms. The van der Waals surface area contributed by atoms with Gasteiger partial charge in [0.1, 0.15) is 0 Å². The van der Waals surface area contributed by atoms with Crippen LogP contribution in [0.25, 0.3) is 0 Å². The summed E-state index contributed by atoms with van der Waals surface area (Å²) in [6.07, 6.45) is 1.90. The fraction of sp³-hybridized carbons (Fsp3) is 0.500. The van der Waals surface area contributed by atoms with Crippen molar-refractivity contribution in [2.45, 2.75) is 25.3 Å². The standard InChI is InChI=1S/C14H19N3O3.ClH/c1-16(13-7-8-15-10-13)14(18)6-5-11-3-2-4-12(9-11)17(19)20;/h2-4,9,13,15H,5-8,10H2,1H3;1H. The lowest BCUT2D eigenvalue weighted by molar-refractivity contribution is -0.384. The molecule has 0 radical (unpaired) electrons. The van der Waals surface area contributed by atoms with Crippen LogP contribution < -0.4 is 5.32 Å². The second-order valence-electron chi connectivity index (χ2n) is 5.08. The number of benzene rings is 1. The van der Waals surface area contributed by atoms with Gasteiger partial charge in [-0.2, -0.15) is 0 Å². The largest absolute Gasteiger partial charge is 0.341 e. The van der Waals surface area contributed by atoms with E-state index >= 15 is 0 Å². The number of rotatable bonds is 5. The summed E-state index contributed by atoms with van der Waals surface area (Å²) in [5, 5.41) is 13.9. The highest BCUT2D eigenvalue weighted by molar-refractivity contribution is 5.85. The molecular formula is C14H20ClN3O3. The van der Waals surface area contributed by atoms with Gasteiger partial charge in [0.05, 0.1) is 4.92 Å². The van der Waals surface area contributed by atoms with Crippen molar-refractivity contribution in [2.75, 3.05) is 20.1 Å². The van der Waals surface area contributed by atoms with Gasteiger partial charge in [-0.15, -0.1) is 12.4 Å². The zero-order valence-electron chi connectivity index (χ0n) is 11.9. The zero-order chi connectivity index (χ0) is 14.5. The van der Waals surface area contributed by atoms with Gasteiger partial charge in [-0.05, 0) is 24.9 Å². The van der Waals surface area contributed by atoms with Crippen LogP contribution in [0.5, 0.6) is 0 Å². The van der Waals surface area contributed by atoms with E-state index < -0.39 is 4.92 Å². The first-order chi connectivity index (χ1) is 9.58. The molecule has 2 rings (SSSR count). The van der Waals surface area contributed by atoms with Crippen LogP contribution in [0.4, 0.5) is 5.69 Å². The van der Waals surface area contributed by atoms with Gasteiger partial charge in [0, 0.05) is 38.2 Å². The first-order valence-electron chi connectivity index (χ1n) is 6.77. The molecule has 1 aliphatic heterocycles. The smallest absolute Gasteiger partial charge is 0.269 e. The molecule has 0 saturated carbocycles. The van der Waals surface area contributed by atoms with E-state index in [-0.39, 0.29) is 30.0 Å². The van der Waals surface area contributed by atoms with Crippen molar-refractivity contribution in [1.82, 2.24) is 10.2 Å². The van der Waals surface area contributed by atoms with Crippen molar-refractivity contribution in [3.05, 3.63) is 39.9 Å².